The van der Waals surface area contributed by atoms with Crippen molar-refractivity contribution in [2.45, 2.75) is 44.0 Å². The number of nitrogens with zero attached hydrogens (tertiary/aromatic N) is 3. The predicted octanol–water partition coefficient (Wildman–Crippen LogP) is 1.48. The second kappa shape index (κ2) is 10.6. The maximum absolute atomic E-state index is 12.7. The number of anilines is 1. The van der Waals surface area contributed by atoms with E-state index in [9.17, 15) is 14.4 Å². The molecule has 0 radical (unpaired) electrons. The van der Waals surface area contributed by atoms with Crippen molar-refractivity contribution in [1.82, 2.24) is 15.2 Å². The zero-order valence-electron chi connectivity index (χ0n) is 17.3. The highest BCUT2D eigenvalue weighted by Crippen LogP contribution is 2.37. The van der Waals surface area contributed by atoms with Gasteiger partial charge in [-0.05, 0) is 12.5 Å². The molecule has 168 valence electrons. The number of carbonyl (C=O) groups is 3. The number of nitrogen functional groups attached to an aromatic ring is 1. The summed E-state index contributed by atoms with van der Waals surface area (Å²) in [5.41, 5.74) is 6.04. The minimum atomic E-state index is -0.795. The third kappa shape index (κ3) is 5.18. The van der Waals surface area contributed by atoms with Gasteiger partial charge in [-0.1, -0.05) is 31.3 Å². The first kappa shape index (κ1) is 23.1. The maximum Gasteiger partial charge on any atom is 0.354 e. The van der Waals surface area contributed by atoms with E-state index in [1.54, 1.807) is 11.5 Å². The molecule has 0 spiro atoms. The normalized spacial score (nSPS) is 20.5. The second-order valence-corrected chi connectivity index (χ2v) is 8.90. The fourth-order valence-corrected chi connectivity index (χ4v) is 4.94. The van der Waals surface area contributed by atoms with Gasteiger partial charge in [-0.25, -0.2) is 9.78 Å². The van der Waals surface area contributed by atoms with Gasteiger partial charge >= 0.3 is 5.97 Å². The van der Waals surface area contributed by atoms with Gasteiger partial charge < -0.3 is 20.6 Å². The molecule has 0 saturated carbocycles. The van der Waals surface area contributed by atoms with Gasteiger partial charge in [-0.3, -0.25) is 14.5 Å². The molecule has 12 heteroatoms. The van der Waals surface area contributed by atoms with Gasteiger partial charge in [0.05, 0.1) is 6.61 Å². The number of amides is 2. The molecule has 2 aliphatic heterocycles. The van der Waals surface area contributed by atoms with Crippen LogP contribution in [-0.2, 0) is 24.0 Å². The smallest absolute Gasteiger partial charge is 0.354 e. The van der Waals surface area contributed by atoms with Gasteiger partial charge in [0.2, 0.25) is 0 Å². The van der Waals surface area contributed by atoms with E-state index >= 15 is 0 Å². The van der Waals surface area contributed by atoms with Gasteiger partial charge in [0.1, 0.15) is 29.9 Å². The lowest BCUT2D eigenvalue weighted by atomic mass is 10.0. The number of ether oxygens (including phenoxy) is 1. The van der Waals surface area contributed by atoms with Crippen LogP contribution in [0.25, 0.3) is 0 Å². The number of unbranched alkanes of at least 4 members (excludes halogenated alkanes) is 3. The quantitative estimate of drug-likeness (QED) is 0.174. The van der Waals surface area contributed by atoms with Gasteiger partial charge in [0.15, 0.2) is 10.8 Å². The Kier molecular flexibility index (Phi) is 7.91. The summed E-state index contributed by atoms with van der Waals surface area (Å²) in [6.45, 7) is 2.43. The number of oxime groups is 1. The zero-order chi connectivity index (χ0) is 22.4. The van der Waals surface area contributed by atoms with Crippen LogP contribution in [0.15, 0.2) is 22.3 Å². The molecule has 3 rings (SSSR count). The van der Waals surface area contributed by atoms with Crippen LogP contribution in [0.4, 0.5) is 5.13 Å². The van der Waals surface area contributed by atoms with Crippen LogP contribution in [-0.4, -0.2) is 64.3 Å². The third-order valence-electron chi connectivity index (χ3n) is 4.74. The average Bonchev–Trinajstić information content (AvgIpc) is 3.20. The van der Waals surface area contributed by atoms with Crippen LogP contribution in [0.1, 0.15) is 38.3 Å². The van der Waals surface area contributed by atoms with Crippen LogP contribution in [0.5, 0.6) is 0 Å². The average molecular weight is 468 g/mol. The van der Waals surface area contributed by atoms with Crippen LogP contribution in [0.3, 0.4) is 0 Å². The number of β-lactam (4-membered cyclic amide) rings is 1. The largest absolute Gasteiger partial charge is 0.461 e. The van der Waals surface area contributed by atoms with Crippen LogP contribution in [0.2, 0.25) is 0 Å². The van der Waals surface area contributed by atoms with E-state index in [-0.39, 0.29) is 28.1 Å². The summed E-state index contributed by atoms with van der Waals surface area (Å²) in [5.74, 6) is -0.975. The molecule has 3 N–H and O–H groups in total. The Labute approximate surface area is 188 Å². The van der Waals surface area contributed by atoms with Crippen LogP contribution < -0.4 is 11.1 Å². The number of carbonyl (C=O) groups excluding carboxylic acids is 3. The van der Waals surface area contributed by atoms with Gasteiger partial charge in [0, 0.05) is 11.1 Å². The lowest BCUT2D eigenvalue weighted by Gasteiger charge is -2.48. The first-order chi connectivity index (χ1) is 15.0. The van der Waals surface area contributed by atoms with E-state index in [1.165, 1.54) is 23.8 Å². The highest BCUT2D eigenvalue weighted by Gasteiger charge is 2.53. The molecule has 31 heavy (non-hydrogen) atoms. The van der Waals surface area contributed by atoms with E-state index in [4.69, 9.17) is 15.3 Å². The molecule has 1 fully saturated rings. The molecule has 0 bridgehead atoms. The van der Waals surface area contributed by atoms with Crippen molar-refractivity contribution in [2.75, 3.05) is 25.2 Å². The molecule has 2 unspecified atom stereocenters. The van der Waals surface area contributed by atoms with Crippen LogP contribution in [0, 0.1) is 0 Å². The Hall–Kier alpha value is -2.60. The SMILES string of the molecule is CCCCCCOC(=O)C1=CCSC2C(NC(=O)/C(=N/OC)c3csc(N)n3)C(=O)N12. The number of esters is 1. The van der Waals surface area contributed by atoms with Crippen molar-refractivity contribution in [2.24, 2.45) is 5.16 Å². The highest BCUT2D eigenvalue weighted by molar-refractivity contribution is 8.00. The predicted molar refractivity (Wildman–Crippen MR) is 118 cm³/mol. The minimum absolute atomic E-state index is 0.0789. The lowest BCUT2D eigenvalue weighted by Crippen LogP contribution is -2.70. The number of rotatable bonds is 10. The number of hydrogen-bond donors (Lipinski definition) is 2. The second-order valence-electron chi connectivity index (χ2n) is 6.86. The fraction of sp³-hybridized carbons (Fsp3) is 0.526. The Morgan fingerprint density at radius 2 is 2.19 bits per heavy atom. The Bertz CT molecular complexity index is 900. The van der Waals surface area contributed by atoms with Crippen molar-refractivity contribution in [1.29, 1.82) is 0 Å². The van der Waals surface area contributed by atoms with E-state index in [1.807, 2.05) is 0 Å². The summed E-state index contributed by atoms with van der Waals surface area (Å²) in [4.78, 5) is 48.1. The Balaban J connectivity index is 1.60. The van der Waals surface area contributed by atoms with Gasteiger partial charge in [0.25, 0.3) is 11.8 Å². The third-order valence-corrected chi connectivity index (χ3v) is 6.59. The van der Waals surface area contributed by atoms with Gasteiger partial charge in [-0.15, -0.1) is 23.1 Å². The molecule has 1 aromatic rings. The van der Waals surface area contributed by atoms with E-state index in [0.29, 0.717) is 12.4 Å². The molecule has 1 aromatic heterocycles. The number of fused-ring (bicyclic) bond motifs is 1. The summed E-state index contributed by atoms with van der Waals surface area (Å²) < 4.78 is 5.32. The summed E-state index contributed by atoms with van der Waals surface area (Å²) in [7, 11) is 1.31. The fourth-order valence-electron chi connectivity index (χ4n) is 3.20. The van der Waals surface area contributed by atoms with Crippen molar-refractivity contribution in [3.8, 4) is 0 Å². The molecular formula is C19H25N5O5S2. The number of hydrogen-bond acceptors (Lipinski definition) is 10. The van der Waals surface area contributed by atoms with Crippen LogP contribution >= 0.6 is 23.1 Å². The number of aromatic nitrogens is 1. The molecule has 2 atom stereocenters. The Morgan fingerprint density at radius 3 is 2.87 bits per heavy atom. The summed E-state index contributed by atoms with van der Waals surface area (Å²) in [6, 6.07) is -0.795. The van der Waals surface area contributed by atoms with Crippen molar-refractivity contribution in [3.63, 3.8) is 0 Å². The first-order valence-electron chi connectivity index (χ1n) is 9.93. The number of nitrogens with one attached hydrogen (secondary N) is 1. The van der Waals surface area contributed by atoms with E-state index in [0.717, 1.165) is 37.0 Å². The first-order valence-corrected chi connectivity index (χ1v) is 11.9. The molecule has 10 nitrogen and oxygen atoms in total. The Morgan fingerprint density at radius 1 is 1.39 bits per heavy atom. The number of thioether (sulfide) groups is 1. The van der Waals surface area contributed by atoms with E-state index < -0.39 is 23.3 Å². The van der Waals surface area contributed by atoms with Crippen molar-refractivity contribution >= 4 is 51.7 Å². The maximum atomic E-state index is 12.7. The monoisotopic (exact) mass is 467 g/mol. The van der Waals surface area contributed by atoms with Crippen molar-refractivity contribution < 1.29 is 24.0 Å². The lowest BCUT2D eigenvalue weighted by molar-refractivity contribution is -0.152. The summed E-state index contributed by atoms with van der Waals surface area (Å²) >= 11 is 2.61. The van der Waals surface area contributed by atoms with Gasteiger partial charge in [-0.2, -0.15) is 0 Å². The molecule has 3 heterocycles. The van der Waals surface area contributed by atoms with Crippen molar-refractivity contribution in [3.05, 3.63) is 22.8 Å². The molecule has 2 amide bonds. The summed E-state index contributed by atoms with van der Waals surface area (Å²) in [6.07, 6.45) is 5.66. The molecule has 0 aliphatic carbocycles. The molecule has 0 aromatic carbocycles. The molecule has 2 aliphatic rings. The zero-order valence-corrected chi connectivity index (χ0v) is 19.0. The topological polar surface area (TPSA) is 136 Å². The summed E-state index contributed by atoms with van der Waals surface area (Å²) in [5, 5.41) is 7.85. The standard InChI is InChI=1S/C19H25N5O5S2/c1-3-4-5-6-8-29-18(27)12-7-9-30-17-14(16(26)24(12)17)22-15(25)13(23-28-2)11-10-31-19(20)21-11/h7,10,14,17H,3-6,8-9H2,1-2H3,(H2,20,21)(H,22,25)/b23-13+. The molecular weight excluding hydrogens is 442 g/mol. The number of nitrogens with two attached hydrogens (primary N) is 1. The van der Waals surface area contributed by atoms with E-state index in [2.05, 4.69) is 22.4 Å². The molecule has 1 saturated heterocycles. The number of thiazole rings is 1. The minimum Gasteiger partial charge on any atom is -0.461 e. The highest BCUT2D eigenvalue weighted by atomic mass is 32.2.